The van der Waals surface area contributed by atoms with Crippen LogP contribution in [0.1, 0.15) is 13.8 Å². The summed E-state index contributed by atoms with van der Waals surface area (Å²) < 4.78 is 40.4. The fraction of sp³-hybridized carbons (Fsp3) is 1.00. The zero-order valence-corrected chi connectivity index (χ0v) is 5.12. The molecule has 1 atom stereocenters. The van der Waals surface area contributed by atoms with E-state index in [1.165, 1.54) is 0 Å². The van der Waals surface area contributed by atoms with Gasteiger partial charge in [0.25, 0.3) is 6.36 Å². The van der Waals surface area contributed by atoms with Crippen LogP contribution in [0.25, 0.3) is 0 Å². The van der Waals surface area contributed by atoms with Crippen LogP contribution in [0.15, 0.2) is 0 Å². The Labute approximate surface area is 50.8 Å². The third-order valence-electron chi connectivity index (χ3n) is 1.49. The molecule has 0 aromatic rings. The summed E-state index contributed by atoms with van der Waals surface area (Å²) in [6.45, 7) is 2.31. The summed E-state index contributed by atoms with van der Waals surface area (Å²) in [4.78, 5) is 0. The van der Waals surface area contributed by atoms with Crippen LogP contribution in [0.5, 0.6) is 0 Å². The van der Waals surface area contributed by atoms with Gasteiger partial charge in [-0.3, -0.25) is 0 Å². The van der Waals surface area contributed by atoms with Crippen molar-refractivity contribution in [2.45, 2.75) is 31.7 Å². The van der Waals surface area contributed by atoms with Gasteiger partial charge in [0, 0.05) is 0 Å². The first kappa shape index (κ1) is 6.86. The molecule has 0 N–H and O–H groups in total. The van der Waals surface area contributed by atoms with E-state index in [1.807, 2.05) is 0 Å². The lowest BCUT2D eigenvalue weighted by molar-refractivity contribution is -0.399. The topological polar surface area (TPSA) is 9.23 Å². The van der Waals surface area contributed by atoms with Crippen LogP contribution in [-0.4, -0.2) is 17.9 Å². The van der Waals surface area contributed by atoms with Crippen LogP contribution in [-0.2, 0) is 4.74 Å². The highest BCUT2D eigenvalue weighted by molar-refractivity contribution is 4.98. The molecule has 4 heteroatoms. The Morgan fingerprint density at radius 3 is 1.78 bits per heavy atom. The Morgan fingerprint density at radius 1 is 1.33 bits per heavy atom. The number of hydrogen-bond donors (Lipinski definition) is 0. The lowest BCUT2D eigenvalue weighted by atomic mass is 9.94. The Hall–Kier alpha value is -0.250. The number of rotatable bonds is 0. The second-order valence-electron chi connectivity index (χ2n) is 2.57. The minimum absolute atomic E-state index is 1.16. The fourth-order valence-corrected chi connectivity index (χ4v) is 0.626. The van der Waals surface area contributed by atoms with Crippen LogP contribution in [0.3, 0.4) is 0 Å². The molecule has 0 aromatic carbocycles. The molecular weight excluding hydrogens is 133 g/mol. The van der Waals surface area contributed by atoms with Crippen molar-refractivity contribution in [2.24, 2.45) is 0 Å². The summed E-state index contributed by atoms with van der Waals surface area (Å²) in [7, 11) is 0. The predicted octanol–water partition coefficient (Wildman–Crippen LogP) is 1.73. The van der Waals surface area contributed by atoms with Crippen molar-refractivity contribution in [3.05, 3.63) is 0 Å². The maximum absolute atomic E-state index is 12.2. The summed E-state index contributed by atoms with van der Waals surface area (Å²) in [5.41, 5.74) is -1.62. The Kier molecular flexibility index (Phi) is 1.09. The van der Waals surface area contributed by atoms with E-state index in [0.29, 0.717) is 0 Å². The monoisotopic (exact) mass is 140 g/mol. The molecule has 9 heavy (non-hydrogen) atoms. The van der Waals surface area contributed by atoms with E-state index in [1.54, 1.807) is 0 Å². The van der Waals surface area contributed by atoms with Crippen LogP contribution in [0, 0.1) is 0 Å². The summed E-state index contributed by atoms with van der Waals surface area (Å²) >= 11 is 0. The van der Waals surface area contributed by atoms with Crippen molar-refractivity contribution in [1.82, 2.24) is 0 Å². The van der Waals surface area contributed by atoms with Crippen molar-refractivity contribution in [2.75, 3.05) is 0 Å². The van der Waals surface area contributed by atoms with E-state index in [4.69, 9.17) is 0 Å². The number of hydrogen-bond acceptors (Lipinski definition) is 1. The third kappa shape index (κ3) is 0.657. The highest BCUT2D eigenvalue weighted by Crippen LogP contribution is 2.47. The van der Waals surface area contributed by atoms with Crippen molar-refractivity contribution >= 4 is 0 Å². The van der Waals surface area contributed by atoms with Gasteiger partial charge in [-0.15, -0.1) is 0 Å². The molecule has 0 aliphatic carbocycles. The molecular formula is C5H7F3O. The van der Waals surface area contributed by atoms with Crippen LogP contribution in [0.4, 0.5) is 13.2 Å². The molecule has 0 bridgehead atoms. The zero-order chi connectivity index (χ0) is 7.28. The number of ether oxygens (including phenoxy) is 1. The van der Waals surface area contributed by atoms with E-state index in [9.17, 15) is 13.2 Å². The third-order valence-corrected chi connectivity index (χ3v) is 1.49. The summed E-state index contributed by atoms with van der Waals surface area (Å²) in [5, 5.41) is 0. The largest absolute Gasteiger partial charge is 0.331 e. The maximum atomic E-state index is 12.2. The fourth-order valence-electron chi connectivity index (χ4n) is 0.626. The molecule has 1 rings (SSSR count). The first-order valence-corrected chi connectivity index (χ1v) is 2.57. The second-order valence-corrected chi connectivity index (χ2v) is 2.57. The van der Waals surface area contributed by atoms with Gasteiger partial charge in [0.15, 0.2) is 0 Å². The Morgan fingerprint density at radius 2 is 1.78 bits per heavy atom. The van der Waals surface area contributed by atoms with Gasteiger partial charge in [0.1, 0.15) is 5.60 Å². The standard InChI is InChI=1S/C5H7F3O/c1-4(2)5(7,8)3(6)9-4/h3H,1-2H3. The first-order valence-electron chi connectivity index (χ1n) is 2.57. The first-order chi connectivity index (χ1) is 3.88. The lowest BCUT2D eigenvalue weighted by Crippen LogP contribution is -2.64. The number of alkyl halides is 3. The minimum atomic E-state index is -3.31. The second kappa shape index (κ2) is 1.42. The molecule has 1 unspecified atom stereocenters. The molecule has 0 aromatic heterocycles. The average molecular weight is 140 g/mol. The highest BCUT2D eigenvalue weighted by Gasteiger charge is 2.66. The van der Waals surface area contributed by atoms with E-state index in [-0.39, 0.29) is 0 Å². The molecule has 54 valence electrons. The van der Waals surface area contributed by atoms with Gasteiger partial charge >= 0.3 is 5.92 Å². The summed E-state index contributed by atoms with van der Waals surface area (Å²) in [6.07, 6.45) is -2.41. The number of halogens is 3. The molecule has 1 aliphatic rings. The molecule has 0 radical (unpaired) electrons. The predicted molar refractivity (Wildman–Crippen MR) is 25.0 cm³/mol. The van der Waals surface area contributed by atoms with Crippen molar-refractivity contribution in [3.63, 3.8) is 0 Å². The Balaban J connectivity index is 2.70. The lowest BCUT2D eigenvalue weighted by Gasteiger charge is -2.46. The molecule has 1 aliphatic heterocycles. The summed E-state index contributed by atoms with van der Waals surface area (Å²) in [6, 6.07) is 0. The Bertz CT molecular complexity index is 132. The van der Waals surface area contributed by atoms with Crippen molar-refractivity contribution in [1.29, 1.82) is 0 Å². The van der Waals surface area contributed by atoms with Crippen molar-refractivity contribution < 1.29 is 17.9 Å². The van der Waals surface area contributed by atoms with Gasteiger partial charge in [0.2, 0.25) is 0 Å². The van der Waals surface area contributed by atoms with Gasteiger partial charge in [-0.25, -0.2) is 4.39 Å². The van der Waals surface area contributed by atoms with Gasteiger partial charge in [-0.05, 0) is 13.8 Å². The summed E-state index contributed by atoms with van der Waals surface area (Å²) in [5.74, 6) is -3.31. The van der Waals surface area contributed by atoms with Gasteiger partial charge in [-0.1, -0.05) is 0 Å². The van der Waals surface area contributed by atoms with Crippen LogP contribution >= 0.6 is 0 Å². The molecule has 1 saturated heterocycles. The zero-order valence-electron chi connectivity index (χ0n) is 5.12. The minimum Gasteiger partial charge on any atom is -0.331 e. The molecule has 0 amide bonds. The average Bonchev–Trinajstić information content (AvgIpc) is 1.65. The molecule has 0 saturated carbocycles. The van der Waals surface area contributed by atoms with Gasteiger partial charge < -0.3 is 4.74 Å². The highest BCUT2D eigenvalue weighted by atomic mass is 19.3. The molecule has 1 fully saturated rings. The van der Waals surface area contributed by atoms with Crippen LogP contribution in [0.2, 0.25) is 0 Å². The van der Waals surface area contributed by atoms with E-state index in [2.05, 4.69) is 4.74 Å². The molecule has 0 spiro atoms. The molecule has 1 heterocycles. The van der Waals surface area contributed by atoms with Crippen LogP contribution < -0.4 is 0 Å². The van der Waals surface area contributed by atoms with Crippen molar-refractivity contribution in [3.8, 4) is 0 Å². The SMILES string of the molecule is CC1(C)OC(F)C1(F)F. The van der Waals surface area contributed by atoms with Gasteiger partial charge in [-0.2, -0.15) is 8.78 Å². The smallest absolute Gasteiger partial charge is 0.330 e. The maximum Gasteiger partial charge on any atom is 0.330 e. The van der Waals surface area contributed by atoms with E-state index < -0.39 is 17.9 Å². The normalized spacial score (nSPS) is 37.7. The molecule has 1 nitrogen and oxygen atoms in total. The van der Waals surface area contributed by atoms with E-state index in [0.717, 1.165) is 13.8 Å². The van der Waals surface area contributed by atoms with Gasteiger partial charge in [0.05, 0.1) is 0 Å². The quantitative estimate of drug-likeness (QED) is 0.497. The van der Waals surface area contributed by atoms with E-state index >= 15 is 0 Å².